The predicted molar refractivity (Wildman–Crippen MR) is 45.4 cm³/mol. The third kappa shape index (κ3) is 2.45. The van der Waals surface area contributed by atoms with Crippen molar-refractivity contribution in [1.29, 1.82) is 5.26 Å². The van der Waals surface area contributed by atoms with E-state index in [1.165, 1.54) is 0 Å². The summed E-state index contributed by atoms with van der Waals surface area (Å²) in [4.78, 5) is 2.17. The smallest absolute Gasteiger partial charge is 0.106 e. The van der Waals surface area contributed by atoms with Crippen molar-refractivity contribution in [3.05, 3.63) is 0 Å². The minimum absolute atomic E-state index is 0.330. The Morgan fingerprint density at radius 1 is 1.83 bits per heavy atom. The molecule has 0 aromatic carbocycles. The second kappa shape index (κ2) is 4.41. The van der Waals surface area contributed by atoms with E-state index in [2.05, 4.69) is 4.90 Å². The van der Waals surface area contributed by atoms with Gasteiger partial charge < -0.3 is 10.5 Å². The van der Waals surface area contributed by atoms with E-state index in [0.717, 1.165) is 19.5 Å². The van der Waals surface area contributed by atoms with Gasteiger partial charge in [0.2, 0.25) is 0 Å². The Hall–Kier alpha value is -0.630. The molecule has 0 aromatic rings. The molecule has 0 aliphatic carbocycles. The van der Waals surface area contributed by atoms with Crippen LogP contribution >= 0.6 is 0 Å². The molecule has 4 nitrogen and oxygen atoms in total. The normalized spacial score (nSPS) is 26.9. The second-order valence-corrected chi connectivity index (χ2v) is 3.14. The van der Waals surface area contributed by atoms with Crippen molar-refractivity contribution in [3.63, 3.8) is 0 Å². The third-order valence-electron chi connectivity index (χ3n) is 2.18. The average Bonchev–Trinajstić information content (AvgIpc) is 2.52. The Bertz CT molecular complexity index is 178. The molecule has 0 spiro atoms. The highest BCUT2D eigenvalue weighted by atomic mass is 16.5. The number of nitrogens with two attached hydrogens (primary N) is 1. The Labute approximate surface area is 72.9 Å². The van der Waals surface area contributed by atoms with Crippen molar-refractivity contribution in [2.24, 2.45) is 5.73 Å². The van der Waals surface area contributed by atoms with Gasteiger partial charge in [0.1, 0.15) is 6.04 Å². The highest BCUT2D eigenvalue weighted by molar-refractivity contribution is 4.90. The van der Waals surface area contributed by atoms with Gasteiger partial charge in [0.25, 0.3) is 0 Å². The first kappa shape index (κ1) is 9.46. The van der Waals surface area contributed by atoms with E-state index in [1.807, 2.05) is 6.07 Å². The molecule has 0 bridgehead atoms. The molecule has 1 fully saturated rings. The van der Waals surface area contributed by atoms with Gasteiger partial charge >= 0.3 is 0 Å². The lowest BCUT2D eigenvalue weighted by atomic mass is 10.3. The fourth-order valence-corrected chi connectivity index (χ4v) is 1.47. The second-order valence-electron chi connectivity index (χ2n) is 3.14. The third-order valence-corrected chi connectivity index (χ3v) is 2.18. The molecule has 1 saturated heterocycles. The van der Waals surface area contributed by atoms with Crippen LogP contribution in [0.2, 0.25) is 0 Å². The molecule has 2 N–H and O–H groups in total. The topological polar surface area (TPSA) is 62.3 Å². The molecule has 0 saturated carbocycles. The number of nitrogens with zero attached hydrogens (tertiary/aromatic N) is 2. The molecule has 0 aromatic heterocycles. The lowest BCUT2D eigenvalue weighted by Crippen LogP contribution is -2.35. The number of likely N-dealkylation sites (tertiary alicyclic amines) is 1. The Morgan fingerprint density at radius 3 is 3.08 bits per heavy atom. The summed E-state index contributed by atoms with van der Waals surface area (Å²) in [6.45, 7) is 2.57. The van der Waals surface area contributed by atoms with Crippen LogP contribution in [0.3, 0.4) is 0 Å². The first-order valence-corrected chi connectivity index (χ1v) is 4.16. The zero-order valence-corrected chi connectivity index (χ0v) is 7.36. The SMILES string of the molecule is COC1CCN(CC(N)C#N)C1. The summed E-state index contributed by atoms with van der Waals surface area (Å²) in [6, 6.07) is 1.66. The van der Waals surface area contributed by atoms with Crippen LogP contribution in [-0.2, 0) is 4.74 Å². The summed E-state index contributed by atoms with van der Waals surface area (Å²) in [5.74, 6) is 0. The lowest BCUT2D eigenvalue weighted by molar-refractivity contribution is 0.108. The summed E-state index contributed by atoms with van der Waals surface area (Å²) < 4.78 is 5.19. The summed E-state index contributed by atoms with van der Waals surface area (Å²) in [7, 11) is 1.72. The van der Waals surface area contributed by atoms with Crippen LogP contribution in [0, 0.1) is 11.3 Å². The quantitative estimate of drug-likeness (QED) is 0.622. The van der Waals surface area contributed by atoms with Crippen molar-refractivity contribution >= 4 is 0 Å². The zero-order valence-electron chi connectivity index (χ0n) is 7.36. The molecular formula is C8H15N3O. The van der Waals surface area contributed by atoms with Crippen molar-refractivity contribution in [3.8, 4) is 6.07 Å². The van der Waals surface area contributed by atoms with E-state index >= 15 is 0 Å². The van der Waals surface area contributed by atoms with Crippen LogP contribution in [-0.4, -0.2) is 43.8 Å². The molecule has 4 heteroatoms. The minimum atomic E-state index is -0.361. The summed E-state index contributed by atoms with van der Waals surface area (Å²) in [6.07, 6.45) is 1.38. The van der Waals surface area contributed by atoms with E-state index < -0.39 is 0 Å². The number of hydrogen-bond acceptors (Lipinski definition) is 4. The molecule has 1 heterocycles. The van der Waals surface area contributed by atoms with Gasteiger partial charge in [0.15, 0.2) is 0 Å². The molecule has 12 heavy (non-hydrogen) atoms. The Balaban J connectivity index is 2.24. The van der Waals surface area contributed by atoms with Gasteiger partial charge in [-0.3, -0.25) is 4.90 Å². The lowest BCUT2D eigenvalue weighted by Gasteiger charge is -2.16. The first-order valence-electron chi connectivity index (χ1n) is 4.16. The standard InChI is InChI=1S/C8H15N3O/c1-12-8-2-3-11(6-8)5-7(10)4-9/h7-8H,2-3,5-6,10H2,1H3. The summed E-state index contributed by atoms with van der Waals surface area (Å²) >= 11 is 0. The largest absolute Gasteiger partial charge is 0.380 e. The molecule has 0 amide bonds. The summed E-state index contributed by atoms with van der Waals surface area (Å²) in [5, 5.41) is 8.49. The average molecular weight is 169 g/mol. The van der Waals surface area contributed by atoms with Gasteiger partial charge in [-0.2, -0.15) is 5.26 Å². The van der Waals surface area contributed by atoms with Crippen molar-refractivity contribution in [2.45, 2.75) is 18.6 Å². The van der Waals surface area contributed by atoms with Gasteiger partial charge in [0.05, 0.1) is 12.2 Å². The monoisotopic (exact) mass is 169 g/mol. The predicted octanol–water partition coefficient (Wildman–Crippen LogP) is -0.442. The number of hydrogen-bond donors (Lipinski definition) is 1. The Kier molecular flexibility index (Phi) is 3.48. The van der Waals surface area contributed by atoms with Crippen LogP contribution in [0.5, 0.6) is 0 Å². The molecule has 1 aliphatic rings. The van der Waals surface area contributed by atoms with E-state index in [1.54, 1.807) is 7.11 Å². The molecule has 0 radical (unpaired) electrons. The zero-order chi connectivity index (χ0) is 8.97. The van der Waals surface area contributed by atoms with Crippen LogP contribution in [0.25, 0.3) is 0 Å². The fraction of sp³-hybridized carbons (Fsp3) is 0.875. The van der Waals surface area contributed by atoms with Gasteiger partial charge in [-0.05, 0) is 6.42 Å². The fourth-order valence-electron chi connectivity index (χ4n) is 1.47. The van der Waals surface area contributed by atoms with Crippen LogP contribution in [0.4, 0.5) is 0 Å². The van der Waals surface area contributed by atoms with Crippen LogP contribution < -0.4 is 5.73 Å². The first-order chi connectivity index (χ1) is 5.76. The van der Waals surface area contributed by atoms with E-state index in [9.17, 15) is 0 Å². The highest BCUT2D eigenvalue weighted by Gasteiger charge is 2.22. The van der Waals surface area contributed by atoms with Crippen molar-refractivity contribution in [2.75, 3.05) is 26.7 Å². The highest BCUT2D eigenvalue weighted by Crippen LogP contribution is 2.11. The number of nitriles is 1. The molecule has 1 aliphatic heterocycles. The molecular weight excluding hydrogens is 154 g/mol. The molecule has 2 atom stereocenters. The van der Waals surface area contributed by atoms with Gasteiger partial charge in [-0.1, -0.05) is 0 Å². The minimum Gasteiger partial charge on any atom is -0.380 e. The van der Waals surface area contributed by atoms with E-state index in [-0.39, 0.29) is 6.04 Å². The molecule has 2 unspecified atom stereocenters. The van der Waals surface area contributed by atoms with Crippen LogP contribution in [0.15, 0.2) is 0 Å². The number of ether oxygens (including phenoxy) is 1. The van der Waals surface area contributed by atoms with E-state index in [4.69, 9.17) is 15.7 Å². The molecule has 68 valence electrons. The number of rotatable bonds is 3. The maximum Gasteiger partial charge on any atom is 0.106 e. The molecule has 1 rings (SSSR count). The van der Waals surface area contributed by atoms with Gasteiger partial charge in [-0.25, -0.2) is 0 Å². The number of methoxy groups -OCH3 is 1. The van der Waals surface area contributed by atoms with Crippen molar-refractivity contribution in [1.82, 2.24) is 4.90 Å². The maximum absolute atomic E-state index is 8.49. The summed E-state index contributed by atoms with van der Waals surface area (Å²) in [5.41, 5.74) is 5.50. The van der Waals surface area contributed by atoms with E-state index in [0.29, 0.717) is 12.6 Å². The van der Waals surface area contributed by atoms with Gasteiger partial charge in [0, 0.05) is 26.7 Å². The van der Waals surface area contributed by atoms with Crippen molar-refractivity contribution < 1.29 is 4.74 Å². The van der Waals surface area contributed by atoms with Crippen LogP contribution in [0.1, 0.15) is 6.42 Å². The maximum atomic E-state index is 8.49. The van der Waals surface area contributed by atoms with Gasteiger partial charge in [-0.15, -0.1) is 0 Å². The Morgan fingerprint density at radius 2 is 2.58 bits per heavy atom.